The molecule has 1 aromatic heterocycles. The first kappa shape index (κ1) is 16.8. The molecule has 0 saturated heterocycles. The SMILES string of the molecule is Cc1c(/C(=C\C#N)c2ccccc2)ccc2c(-c3ccccc3)ccnc12. The second kappa shape index (κ2) is 7.27. The predicted molar refractivity (Wildman–Crippen MR) is 111 cm³/mol. The maximum absolute atomic E-state index is 9.31. The number of fused-ring (bicyclic) bond motifs is 1. The number of aromatic nitrogens is 1. The fourth-order valence-electron chi connectivity index (χ4n) is 3.52. The molecule has 0 saturated carbocycles. The molecule has 4 rings (SSSR count). The van der Waals surface area contributed by atoms with Crippen LogP contribution in [0.25, 0.3) is 27.6 Å². The van der Waals surface area contributed by atoms with Crippen LogP contribution in [-0.4, -0.2) is 4.98 Å². The molecule has 0 atom stereocenters. The molecule has 0 bridgehead atoms. The number of nitrogens with zero attached hydrogens (tertiary/aromatic N) is 2. The van der Waals surface area contributed by atoms with E-state index in [-0.39, 0.29) is 0 Å². The first-order chi connectivity index (χ1) is 13.3. The Hall–Kier alpha value is -3.70. The monoisotopic (exact) mass is 346 g/mol. The maximum Gasteiger partial charge on any atom is 0.0918 e. The Bertz CT molecular complexity index is 1170. The van der Waals surface area contributed by atoms with Gasteiger partial charge in [0.15, 0.2) is 0 Å². The fourth-order valence-corrected chi connectivity index (χ4v) is 3.52. The van der Waals surface area contributed by atoms with Gasteiger partial charge in [-0.3, -0.25) is 4.98 Å². The molecule has 4 aromatic rings. The summed E-state index contributed by atoms with van der Waals surface area (Å²) in [6.07, 6.45) is 3.47. The second-order valence-corrected chi connectivity index (χ2v) is 6.41. The Balaban J connectivity index is 1.94. The van der Waals surface area contributed by atoms with Gasteiger partial charge in [-0.15, -0.1) is 0 Å². The number of hydrogen-bond acceptors (Lipinski definition) is 2. The number of pyridine rings is 1. The van der Waals surface area contributed by atoms with Gasteiger partial charge in [-0.1, -0.05) is 72.8 Å². The number of rotatable bonds is 3. The smallest absolute Gasteiger partial charge is 0.0918 e. The summed E-state index contributed by atoms with van der Waals surface area (Å²) < 4.78 is 0. The molecule has 27 heavy (non-hydrogen) atoms. The molecule has 0 aliphatic carbocycles. The van der Waals surface area contributed by atoms with E-state index in [9.17, 15) is 5.26 Å². The summed E-state index contributed by atoms with van der Waals surface area (Å²) in [4.78, 5) is 4.65. The zero-order valence-electron chi connectivity index (χ0n) is 15.1. The van der Waals surface area contributed by atoms with E-state index in [1.54, 1.807) is 6.08 Å². The van der Waals surface area contributed by atoms with E-state index in [2.05, 4.69) is 48.3 Å². The van der Waals surface area contributed by atoms with Crippen LogP contribution in [0.4, 0.5) is 0 Å². The van der Waals surface area contributed by atoms with Crippen molar-refractivity contribution in [2.24, 2.45) is 0 Å². The van der Waals surface area contributed by atoms with Crippen LogP contribution in [-0.2, 0) is 0 Å². The molecule has 0 amide bonds. The Kier molecular flexibility index (Phi) is 4.51. The third-order valence-corrected chi connectivity index (χ3v) is 4.83. The molecular formula is C25H18N2. The van der Waals surface area contributed by atoms with Crippen molar-refractivity contribution in [1.82, 2.24) is 4.98 Å². The summed E-state index contributed by atoms with van der Waals surface area (Å²) in [5.74, 6) is 0. The molecular weight excluding hydrogens is 328 g/mol. The summed E-state index contributed by atoms with van der Waals surface area (Å²) in [6, 6.07) is 28.8. The van der Waals surface area contributed by atoms with Crippen molar-refractivity contribution in [2.45, 2.75) is 6.92 Å². The van der Waals surface area contributed by atoms with Crippen LogP contribution in [0.2, 0.25) is 0 Å². The lowest BCUT2D eigenvalue weighted by Gasteiger charge is -2.14. The Morgan fingerprint density at radius 1 is 0.889 bits per heavy atom. The van der Waals surface area contributed by atoms with Gasteiger partial charge in [0.05, 0.1) is 11.6 Å². The van der Waals surface area contributed by atoms with E-state index in [1.165, 1.54) is 11.1 Å². The lowest BCUT2D eigenvalue weighted by molar-refractivity contribution is 1.35. The minimum absolute atomic E-state index is 0.921. The van der Waals surface area contributed by atoms with Gasteiger partial charge in [-0.05, 0) is 46.4 Å². The van der Waals surface area contributed by atoms with Gasteiger partial charge in [0.2, 0.25) is 0 Å². The number of hydrogen-bond donors (Lipinski definition) is 0. The van der Waals surface area contributed by atoms with E-state index in [0.29, 0.717) is 0 Å². The van der Waals surface area contributed by atoms with Crippen LogP contribution in [0.1, 0.15) is 16.7 Å². The molecule has 2 nitrogen and oxygen atoms in total. The number of aryl methyl sites for hydroxylation is 1. The molecule has 3 aromatic carbocycles. The quantitative estimate of drug-likeness (QED) is 0.416. The highest BCUT2D eigenvalue weighted by Gasteiger charge is 2.13. The first-order valence-corrected chi connectivity index (χ1v) is 8.89. The topological polar surface area (TPSA) is 36.7 Å². The van der Waals surface area contributed by atoms with Crippen LogP contribution in [0.3, 0.4) is 0 Å². The third-order valence-electron chi connectivity index (χ3n) is 4.83. The molecule has 2 heteroatoms. The molecule has 128 valence electrons. The first-order valence-electron chi connectivity index (χ1n) is 8.89. The van der Waals surface area contributed by atoms with Crippen molar-refractivity contribution in [1.29, 1.82) is 5.26 Å². The Morgan fingerprint density at radius 2 is 1.59 bits per heavy atom. The van der Waals surface area contributed by atoms with Crippen LogP contribution in [0.5, 0.6) is 0 Å². The van der Waals surface area contributed by atoms with Gasteiger partial charge in [0.1, 0.15) is 0 Å². The van der Waals surface area contributed by atoms with Crippen LogP contribution in [0, 0.1) is 18.3 Å². The molecule has 0 aliphatic rings. The average Bonchev–Trinajstić information content (AvgIpc) is 2.74. The van der Waals surface area contributed by atoms with E-state index in [1.807, 2.05) is 54.7 Å². The highest BCUT2D eigenvalue weighted by atomic mass is 14.7. The summed E-state index contributed by atoms with van der Waals surface area (Å²) >= 11 is 0. The van der Waals surface area contributed by atoms with Gasteiger partial charge in [-0.25, -0.2) is 0 Å². The van der Waals surface area contributed by atoms with Gasteiger partial charge in [0.25, 0.3) is 0 Å². The molecule has 0 N–H and O–H groups in total. The van der Waals surface area contributed by atoms with E-state index in [0.717, 1.165) is 33.2 Å². The lowest BCUT2D eigenvalue weighted by Crippen LogP contribution is -1.95. The predicted octanol–water partition coefficient (Wildman–Crippen LogP) is 6.17. The summed E-state index contributed by atoms with van der Waals surface area (Å²) in [7, 11) is 0. The van der Waals surface area contributed by atoms with Crippen LogP contribution < -0.4 is 0 Å². The van der Waals surface area contributed by atoms with Gasteiger partial charge in [-0.2, -0.15) is 5.26 Å². The van der Waals surface area contributed by atoms with Crippen molar-refractivity contribution < 1.29 is 0 Å². The van der Waals surface area contributed by atoms with Crippen molar-refractivity contribution in [2.75, 3.05) is 0 Å². The van der Waals surface area contributed by atoms with Gasteiger partial charge in [0, 0.05) is 17.7 Å². The van der Waals surface area contributed by atoms with Crippen molar-refractivity contribution >= 4 is 16.5 Å². The van der Waals surface area contributed by atoms with Crippen molar-refractivity contribution in [3.8, 4) is 17.2 Å². The van der Waals surface area contributed by atoms with Crippen molar-refractivity contribution in [3.63, 3.8) is 0 Å². The Morgan fingerprint density at radius 3 is 2.30 bits per heavy atom. The Labute approximate surface area is 159 Å². The minimum atomic E-state index is 0.921. The molecule has 0 unspecified atom stereocenters. The average molecular weight is 346 g/mol. The fraction of sp³-hybridized carbons (Fsp3) is 0.0400. The molecule has 0 aliphatic heterocycles. The lowest BCUT2D eigenvalue weighted by atomic mass is 9.91. The third kappa shape index (κ3) is 3.12. The standard InChI is InChI=1S/C25H18N2/c1-18-21(22(14-16-26)19-8-4-2-5-9-19)12-13-24-23(15-17-27-25(18)24)20-10-6-3-7-11-20/h2-15,17H,1H3/b22-14-. The molecule has 0 spiro atoms. The zero-order chi connectivity index (χ0) is 18.6. The van der Waals surface area contributed by atoms with E-state index >= 15 is 0 Å². The number of nitriles is 1. The van der Waals surface area contributed by atoms with Crippen molar-refractivity contribution in [3.05, 3.63) is 108 Å². The maximum atomic E-state index is 9.31. The summed E-state index contributed by atoms with van der Waals surface area (Å²) in [5, 5.41) is 10.4. The van der Waals surface area contributed by atoms with Crippen LogP contribution >= 0.6 is 0 Å². The van der Waals surface area contributed by atoms with Gasteiger partial charge >= 0.3 is 0 Å². The highest BCUT2D eigenvalue weighted by molar-refractivity contribution is 5.99. The normalized spacial score (nSPS) is 11.3. The zero-order valence-corrected chi connectivity index (χ0v) is 15.1. The van der Waals surface area contributed by atoms with Gasteiger partial charge < -0.3 is 0 Å². The largest absolute Gasteiger partial charge is 0.256 e. The highest BCUT2D eigenvalue weighted by Crippen LogP contribution is 2.34. The number of benzene rings is 3. The second-order valence-electron chi connectivity index (χ2n) is 6.41. The number of allylic oxidation sites excluding steroid dienone is 1. The molecule has 1 heterocycles. The molecule has 0 fully saturated rings. The molecule has 0 radical (unpaired) electrons. The van der Waals surface area contributed by atoms with Crippen LogP contribution in [0.15, 0.2) is 91.1 Å². The summed E-state index contributed by atoms with van der Waals surface area (Å²) in [5.41, 5.74) is 7.37. The van der Waals surface area contributed by atoms with E-state index < -0.39 is 0 Å². The summed E-state index contributed by atoms with van der Waals surface area (Å²) in [6.45, 7) is 2.08. The minimum Gasteiger partial charge on any atom is -0.256 e. The van der Waals surface area contributed by atoms with E-state index in [4.69, 9.17) is 0 Å².